The number of carbonyl (C=O) groups is 2. The fraction of sp³-hybridized carbons (Fsp3) is 0.622. The van der Waals surface area contributed by atoms with Crippen LogP contribution in [0.5, 0.6) is 5.75 Å². The summed E-state index contributed by atoms with van der Waals surface area (Å²) in [4.78, 5) is 29.3. The molecule has 0 saturated carbocycles. The average Bonchev–Trinajstić information content (AvgIpc) is 3.03. The van der Waals surface area contributed by atoms with Crippen LogP contribution in [0.15, 0.2) is 42.5 Å². The summed E-state index contributed by atoms with van der Waals surface area (Å²) in [5.41, 5.74) is 3.27. The number of methoxy groups -OCH3 is 1. The highest BCUT2D eigenvalue weighted by molar-refractivity contribution is 5.70. The van der Waals surface area contributed by atoms with Gasteiger partial charge in [0, 0.05) is 39.3 Å². The number of rotatable bonds is 16. The summed E-state index contributed by atoms with van der Waals surface area (Å²) in [6, 6.07) is 14.1. The van der Waals surface area contributed by atoms with Gasteiger partial charge in [-0.2, -0.15) is 0 Å². The molecule has 48 heavy (non-hydrogen) atoms. The van der Waals surface area contributed by atoms with E-state index in [0.29, 0.717) is 33.0 Å². The van der Waals surface area contributed by atoms with Gasteiger partial charge in [0.1, 0.15) is 18.0 Å². The largest absolute Gasteiger partial charge is 0.490 e. The quantitative estimate of drug-likeness (QED) is 0.217. The van der Waals surface area contributed by atoms with Crippen LogP contribution in [0.25, 0.3) is 0 Å². The van der Waals surface area contributed by atoms with Crippen molar-refractivity contribution in [3.63, 3.8) is 0 Å². The number of carbonyl (C=O) groups excluding carboxylic acids is 1. The molecule has 2 aromatic carbocycles. The van der Waals surface area contributed by atoms with E-state index in [2.05, 4.69) is 11.0 Å². The number of likely N-dealkylation sites (tertiary alicyclic amines) is 1. The molecule has 1 saturated heterocycles. The molecular formula is C37H54N2O9. The van der Waals surface area contributed by atoms with Gasteiger partial charge >= 0.3 is 12.1 Å². The number of hydrogen-bond acceptors (Lipinski definition) is 9. The lowest BCUT2D eigenvalue weighted by atomic mass is 9.76. The Hall–Kier alpha value is -3.38. The van der Waals surface area contributed by atoms with Gasteiger partial charge in [0.15, 0.2) is 0 Å². The number of amides is 1. The van der Waals surface area contributed by atoms with Crippen LogP contribution in [-0.4, -0.2) is 99.6 Å². The van der Waals surface area contributed by atoms with Gasteiger partial charge in [0.2, 0.25) is 0 Å². The number of carboxylic acid groups (broad SMARTS) is 1. The number of ether oxygens (including phenoxy) is 6. The van der Waals surface area contributed by atoms with E-state index < -0.39 is 29.7 Å². The normalized spacial score (nSPS) is 20.2. The van der Waals surface area contributed by atoms with Gasteiger partial charge in [-0.25, -0.2) is 4.79 Å². The SMILES string of the molecule is CCO[C@H](C)COCc1ccc([C@H]2[C@H](CC(=O)O)CN(C(=O)OC(C)(C)C)C[C@@H]2OCc2ccc3c(c2)N(CCCOC)CCO3)cc1. The molecule has 0 spiro atoms. The second-order valence-electron chi connectivity index (χ2n) is 13.6. The van der Waals surface area contributed by atoms with E-state index in [9.17, 15) is 14.7 Å². The number of benzene rings is 2. The predicted octanol–water partition coefficient (Wildman–Crippen LogP) is 5.87. The maximum Gasteiger partial charge on any atom is 0.410 e. The fourth-order valence-electron chi connectivity index (χ4n) is 6.39. The van der Waals surface area contributed by atoms with E-state index in [1.165, 1.54) is 0 Å². The highest BCUT2D eigenvalue weighted by Crippen LogP contribution is 2.39. The maximum atomic E-state index is 13.3. The molecule has 11 heteroatoms. The molecule has 11 nitrogen and oxygen atoms in total. The van der Waals surface area contributed by atoms with E-state index in [0.717, 1.165) is 47.6 Å². The van der Waals surface area contributed by atoms with Crippen LogP contribution in [0.4, 0.5) is 10.5 Å². The van der Waals surface area contributed by atoms with Crippen molar-refractivity contribution in [3.8, 4) is 5.75 Å². The van der Waals surface area contributed by atoms with Gasteiger partial charge in [-0.05, 0) is 75.8 Å². The zero-order chi connectivity index (χ0) is 34.7. The number of hydrogen-bond donors (Lipinski definition) is 1. The Morgan fingerprint density at radius 3 is 2.50 bits per heavy atom. The molecule has 1 amide bonds. The van der Waals surface area contributed by atoms with Crippen molar-refractivity contribution in [1.82, 2.24) is 4.90 Å². The number of aliphatic carboxylic acids is 1. The molecule has 2 aliphatic rings. The monoisotopic (exact) mass is 670 g/mol. The highest BCUT2D eigenvalue weighted by atomic mass is 16.6. The number of anilines is 1. The predicted molar refractivity (Wildman–Crippen MR) is 183 cm³/mol. The minimum Gasteiger partial charge on any atom is -0.490 e. The Balaban J connectivity index is 1.57. The molecule has 0 aromatic heterocycles. The first-order valence-electron chi connectivity index (χ1n) is 17.1. The molecule has 1 N–H and O–H groups in total. The van der Waals surface area contributed by atoms with Gasteiger partial charge in [-0.15, -0.1) is 0 Å². The Kier molecular flexibility index (Phi) is 13.9. The summed E-state index contributed by atoms with van der Waals surface area (Å²) in [6.07, 6.45) is -0.147. The second-order valence-corrected chi connectivity index (χ2v) is 13.6. The summed E-state index contributed by atoms with van der Waals surface area (Å²) >= 11 is 0. The van der Waals surface area contributed by atoms with Crippen molar-refractivity contribution in [2.24, 2.45) is 5.92 Å². The number of nitrogens with zero attached hydrogens (tertiary/aromatic N) is 2. The third kappa shape index (κ3) is 11.1. The van der Waals surface area contributed by atoms with E-state index in [1.54, 1.807) is 12.0 Å². The van der Waals surface area contributed by atoms with Crippen molar-refractivity contribution in [2.75, 3.05) is 64.6 Å². The molecule has 0 aliphatic carbocycles. The van der Waals surface area contributed by atoms with Gasteiger partial charge in [-0.3, -0.25) is 4.79 Å². The van der Waals surface area contributed by atoms with E-state index in [-0.39, 0.29) is 38.1 Å². The van der Waals surface area contributed by atoms with Crippen molar-refractivity contribution in [1.29, 1.82) is 0 Å². The molecule has 266 valence electrons. The number of carboxylic acids is 1. The minimum absolute atomic E-state index is 0.0143. The summed E-state index contributed by atoms with van der Waals surface area (Å²) < 4.78 is 35.0. The van der Waals surface area contributed by atoms with Crippen LogP contribution in [0, 0.1) is 5.92 Å². The summed E-state index contributed by atoms with van der Waals surface area (Å²) in [6.45, 7) is 14.7. The van der Waals surface area contributed by atoms with Crippen LogP contribution in [0.3, 0.4) is 0 Å². The standard InChI is InChI=1S/C37H54N2O9/c1-7-45-26(2)23-44-24-27-9-12-29(13-10-27)35-30(20-34(40)41)21-39(36(42)48-37(3,4)5)22-33(35)47-25-28-11-14-32-31(19-28)38(16-18-46-32)15-8-17-43-6/h9-14,19,26,30,33,35H,7-8,15-18,20-25H2,1-6H3,(H,40,41)/t26-,30-,33+,35+/m1/s1. The van der Waals surface area contributed by atoms with Crippen LogP contribution >= 0.6 is 0 Å². The lowest BCUT2D eigenvalue weighted by molar-refractivity contribution is -0.140. The second kappa shape index (κ2) is 17.9. The Morgan fingerprint density at radius 1 is 1.06 bits per heavy atom. The van der Waals surface area contributed by atoms with E-state index in [4.69, 9.17) is 28.4 Å². The van der Waals surface area contributed by atoms with Crippen molar-refractivity contribution in [3.05, 3.63) is 59.2 Å². The molecule has 4 atom stereocenters. The highest BCUT2D eigenvalue weighted by Gasteiger charge is 2.42. The lowest BCUT2D eigenvalue weighted by Gasteiger charge is -2.43. The van der Waals surface area contributed by atoms with E-state index >= 15 is 0 Å². The third-order valence-corrected chi connectivity index (χ3v) is 8.51. The maximum absolute atomic E-state index is 13.3. The van der Waals surface area contributed by atoms with Crippen LogP contribution in [0.1, 0.15) is 70.1 Å². The van der Waals surface area contributed by atoms with Crippen molar-refractivity contribution < 1.29 is 43.1 Å². The molecule has 0 bridgehead atoms. The molecule has 4 rings (SSSR count). The smallest absolute Gasteiger partial charge is 0.410 e. The molecule has 1 fully saturated rings. The average molecular weight is 671 g/mol. The number of piperidine rings is 1. The Bertz CT molecular complexity index is 1310. The zero-order valence-electron chi connectivity index (χ0n) is 29.4. The first-order chi connectivity index (χ1) is 23.0. The first kappa shape index (κ1) is 37.4. The van der Waals surface area contributed by atoms with Crippen molar-refractivity contribution in [2.45, 2.75) is 84.4 Å². The summed E-state index contributed by atoms with van der Waals surface area (Å²) in [5.74, 6) is -0.742. The molecule has 2 heterocycles. The molecule has 0 radical (unpaired) electrons. The van der Waals surface area contributed by atoms with Gasteiger partial charge in [0.05, 0.1) is 57.2 Å². The van der Waals surface area contributed by atoms with E-state index in [1.807, 2.05) is 71.0 Å². The minimum atomic E-state index is -0.925. The van der Waals surface area contributed by atoms with Crippen LogP contribution < -0.4 is 9.64 Å². The van der Waals surface area contributed by atoms with Gasteiger partial charge in [-0.1, -0.05) is 30.3 Å². The van der Waals surface area contributed by atoms with Gasteiger partial charge < -0.3 is 43.3 Å². The Morgan fingerprint density at radius 2 is 1.81 bits per heavy atom. The summed E-state index contributed by atoms with van der Waals surface area (Å²) in [7, 11) is 1.71. The summed E-state index contributed by atoms with van der Waals surface area (Å²) in [5, 5.41) is 9.95. The van der Waals surface area contributed by atoms with Crippen molar-refractivity contribution >= 4 is 17.7 Å². The first-order valence-corrected chi connectivity index (χ1v) is 17.1. The van der Waals surface area contributed by atoms with Crippen LogP contribution in [-0.2, 0) is 41.7 Å². The zero-order valence-corrected chi connectivity index (χ0v) is 29.4. The number of fused-ring (bicyclic) bond motifs is 1. The van der Waals surface area contributed by atoms with Gasteiger partial charge in [0.25, 0.3) is 0 Å². The topological polar surface area (TPSA) is 116 Å². The molecule has 0 unspecified atom stereocenters. The molecule has 2 aliphatic heterocycles. The Labute approximate surface area is 285 Å². The third-order valence-electron chi connectivity index (χ3n) is 8.51. The van der Waals surface area contributed by atoms with Crippen LogP contribution in [0.2, 0.25) is 0 Å². The lowest BCUT2D eigenvalue weighted by Crippen LogP contribution is -2.52. The fourth-order valence-corrected chi connectivity index (χ4v) is 6.39. The molecular weight excluding hydrogens is 616 g/mol. The molecule has 2 aromatic rings.